The van der Waals surface area contributed by atoms with Gasteiger partial charge in [-0.2, -0.15) is 0 Å². The standard InChI is InChI=1S/C57H104O6.C14H16ClNO3.C13H18ClNO.C10H21NOS.C8H10NO5PS.C7H14NO5P/c1-4-7-10-13-16-19-22-25-28-31-34-37-40-43-46-49-55(58)61-52-54(63-57(60)51-48-45-42-39-36-33-30-27-24-21-18-15-12-9-6-3)53-62-56(59)50-47-44-41-38-35-32-29-26-23-20-17-14-11-8-5-2;1-9-4-3-5-10(2)13(9)16(12(17)8-15)11-6-7-19-14(11)18;1-4-9-13(2,3)12(16)15-11-7-5-10(14)6-8-11;1-4-7-8-11(6-3)10(12)13-9-5-2;1-12-15(16,13-2)14-8-5-3-7(4-6-8)9(10)11;1-6(5-7(9)8-2)13-14(10,11-3)12-4/h25-30,54H,4-24,31-53H2,1-3H3;3-5,11H,6-8H2,1-2H3;5-8H,4,9H2,1-3H3,(H,15,16);4-9H2,1-3H3;3-6H,1-2H3;5H,1-4H3,(H,8,9)/b28-25+,29-26+,30-27+;;;;;6-5+. The number of nitro groups is 1. The summed E-state index contributed by atoms with van der Waals surface area (Å²) < 4.78 is 62.1. The number of likely N-dealkylation sites (N-methyl/N-ethyl adjacent to an activating group) is 1. The number of carbonyl (C=O) groups is 8. The Balaban J connectivity index is 0. The highest BCUT2D eigenvalue weighted by Gasteiger charge is 2.37. The van der Waals surface area contributed by atoms with Gasteiger partial charge in [0.25, 0.3) is 10.9 Å². The van der Waals surface area contributed by atoms with Gasteiger partial charge >= 0.3 is 38.4 Å². The number of nitrogens with one attached hydrogen (secondary N) is 2. The van der Waals surface area contributed by atoms with Crippen molar-refractivity contribution in [1.29, 1.82) is 0 Å². The lowest BCUT2D eigenvalue weighted by atomic mass is 9.87. The first kappa shape index (κ1) is 136. The van der Waals surface area contributed by atoms with E-state index in [1.165, 1.54) is 257 Å². The lowest BCUT2D eigenvalue weighted by molar-refractivity contribution is -0.384. The summed E-state index contributed by atoms with van der Waals surface area (Å²) in [4.78, 5) is 110. The number of rotatable bonds is 73. The van der Waals surface area contributed by atoms with Crippen LogP contribution < -0.4 is 20.1 Å². The molecule has 0 aromatic heterocycles. The largest absolute Gasteiger partial charge is 0.529 e. The number of phosphoric acid groups is 1. The quantitative estimate of drug-likeness (QED) is 0.00506. The van der Waals surface area contributed by atoms with Gasteiger partial charge in [-0.3, -0.25) is 57.6 Å². The Hall–Kier alpha value is -6.97. The zero-order valence-electron chi connectivity index (χ0n) is 89.3. The molecule has 3 aromatic carbocycles. The number of hydrogen-bond donors (Lipinski definition) is 2. The van der Waals surface area contributed by atoms with E-state index in [1.54, 1.807) is 12.1 Å². The maximum Gasteiger partial charge on any atom is 0.529 e. The number of esters is 4. The van der Waals surface area contributed by atoms with Gasteiger partial charge in [-0.05, 0) is 191 Å². The van der Waals surface area contributed by atoms with Crippen LogP contribution in [0.2, 0.25) is 5.02 Å². The van der Waals surface area contributed by atoms with Crippen molar-refractivity contribution in [3.63, 3.8) is 0 Å². The van der Waals surface area contributed by atoms with Gasteiger partial charge < -0.3 is 52.6 Å². The fourth-order valence-corrected chi connectivity index (χ4v) is 17.1. The molecule has 3 aromatic rings. The number of allylic oxidation sites excluding steroid dienone is 7. The van der Waals surface area contributed by atoms with Crippen LogP contribution in [0, 0.1) is 29.4 Å². The van der Waals surface area contributed by atoms with Crippen molar-refractivity contribution in [1.82, 2.24) is 10.2 Å². The Kier molecular flexibility index (Phi) is 87.4. The van der Waals surface area contributed by atoms with Crippen molar-refractivity contribution >= 4 is 125 Å². The normalized spacial score (nSPS) is 12.4. The van der Waals surface area contributed by atoms with Crippen LogP contribution in [0.15, 0.2) is 115 Å². The van der Waals surface area contributed by atoms with Crippen LogP contribution in [0.4, 0.5) is 21.9 Å². The molecule has 1 aliphatic heterocycles. The van der Waals surface area contributed by atoms with Crippen LogP contribution in [-0.2, 0) is 91.5 Å². The number of benzene rings is 3. The Morgan fingerprint density at radius 1 is 0.574 bits per heavy atom. The zero-order valence-corrected chi connectivity index (χ0v) is 94.3. The topological polar surface area (TPSA) is 320 Å². The molecule has 1 saturated heterocycles. The van der Waals surface area contributed by atoms with Gasteiger partial charge in [0.1, 0.15) is 36.6 Å². The average Bonchev–Trinajstić information content (AvgIpc) is 1.74. The highest BCUT2D eigenvalue weighted by molar-refractivity contribution is 8.13. The number of para-hydroxylation sites is 1. The molecule has 0 spiro atoms. The number of ether oxygens (including phenoxy) is 4. The smallest absolute Gasteiger partial charge is 0.464 e. The van der Waals surface area contributed by atoms with Gasteiger partial charge in [0.2, 0.25) is 17.7 Å². The number of unbranched alkanes of at least 4 members (excludes halogenated alkanes) is 34. The molecule has 806 valence electrons. The maximum atomic E-state index is 12.8. The molecular formula is C109H183Cl2N5O21P2S2. The third-order valence-corrected chi connectivity index (χ3v) is 28.3. The fraction of sp³-hybridized carbons (Fsp3) is 0.688. The Morgan fingerprint density at radius 3 is 1.35 bits per heavy atom. The number of aryl methyl sites for hydroxylation is 2. The molecule has 4 amide bonds. The lowest BCUT2D eigenvalue weighted by Crippen LogP contribution is -2.44. The summed E-state index contributed by atoms with van der Waals surface area (Å²) in [6, 6.07) is 17.9. The third kappa shape index (κ3) is 73.7. The van der Waals surface area contributed by atoms with E-state index in [4.69, 9.17) is 72.1 Å². The zero-order chi connectivity index (χ0) is 105. The van der Waals surface area contributed by atoms with Crippen molar-refractivity contribution in [3.05, 3.63) is 141 Å². The van der Waals surface area contributed by atoms with E-state index < -0.39 is 31.6 Å². The van der Waals surface area contributed by atoms with Crippen molar-refractivity contribution in [2.24, 2.45) is 5.41 Å². The van der Waals surface area contributed by atoms with E-state index in [0.29, 0.717) is 43.1 Å². The molecular weight excluding hydrogens is 1910 g/mol. The number of alkyl halides is 1. The Morgan fingerprint density at radius 2 is 0.986 bits per heavy atom. The van der Waals surface area contributed by atoms with E-state index in [2.05, 4.69) is 97.7 Å². The number of hydrogen-bond acceptors (Lipinski definition) is 23. The number of nitrogens with zero attached hydrogens (tertiary/aromatic N) is 3. The molecule has 2 N–H and O–H groups in total. The average molecular weight is 2100 g/mol. The number of nitro benzene ring substituents is 1. The summed E-state index contributed by atoms with van der Waals surface area (Å²) in [5.74, 6) is -0.523. The predicted molar refractivity (Wildman–Crippen MR) is 585 cm³/mol. The van der Waals surface area contributed by atoms with Crippen molar-refractivity contribution < 1.29 is 93.9 Å². The number of non-ortho nitro benzene ring substituents is 1. The van der Waals surface area contributed by atoms with Gasteiger partial charge in [-0.15, -0.1) is 11.6 Å². The SMILES string of the molecule is CCCC(C)(C)C(=O)Nc1ccc(Cl)cc1.CCCCCCCC/C=C/CCCCCCCC(=O)OCC(COC(=O)CCCCCCC/C=C/CCCCCCCC)OC(=O)CCCCCCC/C=C/CCCCCCCC.CCCCN(CC)C(=O)SCCC.CNC(=O)/C=C(\C)OP(=O)(OC)OC.COP(=S)(OC)Oc1ccc([N+](=O)[O-])cc1.Cc1cccc(C)c1N(C(=O)CCl)C1CCOC1=O. The summed E-state index contributed by atoms with van der Waals surface area (Å²) >= 11 is 17.9. The summed E-state index contributed by atoms with van der Waals surface area (Å²) in [7, 11) is 3.07. The first-order valence-electron chi connectivity index (χ1n) is 52.3. The van der Waals surface area contributed by atoms with Crippen LogP contribution in [0.5, 0.6) is 5.75 Å². The molecule has 0 radical (unpaired) electrons. The van der Waals surface area contributed by atoms with Crippen LogP contribution in [-0.4, -0.2) is 149 Å². The Bertz CT molecular complexity index is 3920. The van der Waals surface area contributed by atoms with E-state index >= 15 is 0 Å². The maximum absolute atomic E-state index is 12.8. The molecule has 141 heavy (non-hydrogen) atoms. The molecule has 0 bridgehead atoms. The van der Waals surface area contributed by atoms with Gasteiger partial charge in [0, 0.05) is 126 Å². The van der Waals surface area contributed by atoms with Crippen LogP contribution in [0.1, 0.15) is 389 Å². The fourth-order valence-electron chi connectivity index (χ4n) is 14.4. The predicted octanol–water partition coefficient (Wildman–Crippen LogP) is 31.3. The molecule has 32 heteroatoms. The number of cyclic esters (lactones) is 1. The molecule has 4 rings (SSSR count). The molecule has 1 atom stereocenters. The molecule has 1 fully saturated rings. The minimum Gasteiger partial charge on any atom is -0.464 e. The Labute approximate surface area is 869 Å². The van der Waals surface area contributed by atoms with Crippen molar-refractivity contribution in [2.75, 3.05) is 90.2 Å². The second-order valence-corrected chi connectivity index (χ2v) is 42.4. The van der Waals surface area contributed by atoms with Crippen LogP contribution in [0.3, 0.4) is 0 Å². The molecule has 0 saturated carbocycles. The van der Waals surface area contributed by atoms with E-state index in [1.807, 2.05) is 69.9 Å². The highest BCUT2D eigenvalue weighted by Crippen LogP contribution is 2.50. The summed E-state index contributed by atoms with van der Waals surface area (Å²) in [5.41, 5.74) is 3.09. The first-order valence-corrected chi connectivity index (χ1v) is 58.2. The second kappa shape index (κ2) is 90.6. The summed E-state index contributed by atoms with van der Waals surface area (Å²) in [6.07, 6.45) is 68.1. The highest BCUT2D eigenvalue weighted by atomic mass is 35.5. The van der Waals surface area contributed by atoms with E-state index in [9.17, 15) is 53.0 Å². The minimum atomic E-state index is -3.55. The number of halogens is 2. The third-order valence-electron chi connectivity index (χ3n) is 22.8. The van der Waals surface area contributed by atoms with Crippen LogP contribution >= 0.6 is 49.5 Å². The van der Waals surface area contributed by atoms with E-state index in [-0.39, 0.29) is 82.8 Å². The van der Waals surface area contributed by atoms with Gasteiger partial charge in [0.15, 0.2) is 6.10 Å². The number of amides is 4. The van der Waals surface area contributed by atoms with Crippen molar-refractivity contribution in [2.45, 2.75) is 403 Å². The number of phosphoric ester groups is 1. The van der Waals surface area contributed by atoms with Gasteiger partial charge in [-0.25, -0.2) is 9.36 Å². The number of thioether (sulfide) groups is 1. The van der Waals surface area contributed by atoms with Crippen LogP contribution in [0.25, 0.3) is 0 Å². The lowest BCUT2D eigenvalue weighted by Gasteiger charge is -2.28. The number of carbonyl (C=O) groups excluding carboxylic acids is 8. The molecule has 1 aliphatic rings. The summed E-state index contributed by atoms with van der Waals surface area (Å²) in [6.45, 7) is 23.6. The van der Waals surface area contributed by atoms with Crippen molar-refractivity contribution in [3.8, 4) is 5.75 Å². The second-order valence-electron chi connectivity index (χ2n) is 35.7. The molecule has 1 unspecified atom stereocenters. The van der Waals surface area contributed by atoms with Gasteiger partial charge in [-0.1, -0.05) is 300 Å². The summed E-state index contributed by atoms with van der Waals surface area (Å²) in [5, 5.41) is 16.6. The molecule has 26 nitrogen and oxygen atoms in total. The number of anilines is 2. The van der Waals surface area contributed by atoms with Gasteiger partial charge in [0.05, 0.1) is 17.2 Å². The minimum absolute atomic E-state index is 0.0181. The first-order chi connectivity index (χ1) is 67.8. The molecule has 1 heterocycles. The monoisotopic (exact) mass is 2090 g/mol. The molecule has 0 aliphatic carbocycles. The van der Waals surface area contributed by atoms with E-state index in [0.717, 1.165) is 157 Å².